The van der Waals surface area contributed by atoms with Gasteiger partial charge in [-0.1, -0.05) is 43.8 Å². The number of nitrogens with one attached hydrogen (secondary N) is 2. The maximum Gasteiger partial charge on any atom is 0.238 e. The fourth-order valence-corrected chi connectivity index (χ4v) is 5.99. The minimum atomic E-state index is -0.495. The van der Waals surface area contributed by atoms with Crippen molar-refractivity contribution in [3.63, 3.8) is 0 Å². The minimum absolute atomic E-state index is 0.0761. The first kappa shape index (κ1) is 21.7. The maximum absolute atomic E-state index is 13.8. The molecule has 1 aromatic carbocycles. The first-order chi connectivity index (χ1) is 15.8. The summed E-state index contributed by atoms with van der Waals surface area (Å²) >= 11 is 2.76. The van der Waals surface area contributed by atoms with Crippen LogP contribution in [0.15, 0.2) is 58.2 Å². The number of nitrogens with zero attached hydrogens (tertiary/aromatic N) is 3. The van der Waals surface area contributed by atoms with Gasteiger partial charge in [-0.2, -0.15) is 4.98 Å². The molecule has 4 N–H and O–H groups in total. The van der Waals surface area contributed by atoms with E-state index in [9.17, 15) is 9.59 Å². The highest BCUT2D eigenvalue weighted by Crippen LogP contribution is 2.49. The van der Waals surface area contributed by atoms with Crippen LogP contribution in [0, 0.1) is 5.41 Å². The summed E-state index contributed by atoms with van der Waals surface area (Å²) in [5, 5.41) is 12.5. The largest absolute Gasteiger partial charge is 0.368 e. The van der Waals surface area contributed by atoms with Gasteiger partial charge in [0.2, 0.25) is 17.0 Å². The first-order valence-corrected chi connectivity index (χ1v) is 12.5. The number of para-hydroxylation sites is 2. The number of anilines is 3. The molecule has 1 amide bonds. The van der Waals surface area contributed by atoms with Gasteiger partial charge < -0.3 is 11.1 Å². The van der Waals surface area contributed by atoms with Gasteiger partial charge in [0, 0.05) is 22.6 Å². The van der Waals surface area contributed by atoms with Gasteiger partial charge in [0.1, 0.15) is 6.04 Å². The molecule has 1 aliphatic carbocycles. The van der Waals surface area contributed by atoms with E-state index in [0.717, 1.165) is 28.4 Å². The van der Waals surface area contributed by atoms with E-state index in [1.54, 1.807) is 16.2 Å². The van der Waals surface area contributed by atoms with Crippen LogP contribution in [0.2, 0.25) is 0 Å². The molecule has 0 spiro atoms. The lowest BCUT2D eigenvalue weighted by atomic mass is 9.74. The number of H-pyrrole nitrogens is 1. The third kappa shape index (κ3) is 4.16. The second-order valence-electron chi connectivity index (χ2n) is 8.95. The molecule has 0 fully saturated rings. The molecule has 2 aliphatic rings. The van der Waals surface area contributed by atoms with Gasteiger partial charge in [-0.15, -0.1) is 16.4 Å². The molecule has 0 bridgehead atoms. The average molecular weight is 481 g/mol. The van der Waals surface area contributed by atoms with E-state index >= 15 is 0 Å². The van der Waals surface area contributed by atoms with E-state index in [0.29, 0.717) is 17.2 Å². The third-order valence-corrected chi connectivity index (χ3v) is 7.55. The van der Waals surface area contributed by atoms with Gasteiger partial charge in [0.25, 0.3) is 0 Å². The Morgan fingerprint density at radius 2 is 2.09 bits per heavy atom. The summed E-state index contributed by atoms with van der Waals surface area (Å²) in [6.45, 7) is 4.21. The van der Waals surface area contributed by atoms with Gasteiger partial charge in [-0.3, -0.25) is 14.5 Å². The van der Waals surface area contributed by atoms with Crippen LogP contribution in [-0.4, -0.2) is 32.6 Å². The van der Waals surface area contributed by atoms with Crippen molar-refractivity contribution in [2.24, 2.45) is 5.41 Å². The van der Waals surface area contributed by atoms with Gasteiger partial charge in [0.05, 0.1) is 17.1 Å². The highest BCUT2D eigenvalue weighted by Gasteiger charge is 2.43. The Labute approximate surface area is 199 Å². The number of hydrogen-bond donors (Lipinski definition) is 3. The molecule has 3 heterocycles. The number of fused-ring (bicyclic) bond motifs is 1. The van der Waals surface area contributed by atoms with Crippen molar-refractivity contribution < 1.29 is 9.59 Å². The van der Waals surface area contributed by atoms with Crippen LogP contribution in [0.4, 0.5) is 17.3 Å². The minimum Gasteiger partial charge on any atom is -0.368 e. The van der Waals surface area contributed by atoms with Crippen LogP contribution in [0.5, 0.6) is 0 Å². The molecule has 1 unspecified atom stereocenters. The van der Waals surface area contributed by atoms with Crippen LogP contribution >= 0.6 is 23.1 Å². The van der Waals surface area contributed by atoms with Gasteiger partial charge in [-0.25, -0.2) is 5.10 Å². The maximum atomic E-state index is 13.8. The number of ketones is 1. The summed E-state index contributed by atoms with van der Waals surface area (Å²) < 4.78 is 0. The van der Waals surface area contributed by atoms with Crippen molar-refractivity contribution in [1.29, 1.82) is 0 Å². The Balaban J connectivity index is 1.62. The van der Waals surface area contributed by atoms with E-state index < -0.39 is 6.04 Å². The zero-order valence-corrected chi connectivity index (χ0v) is 19.9. The number of nitrogens with two attached hydrogens (primary N) is 1. The van der Waals surface area contributed by atoms with Crippen LogP contribution in [0.3, 0.4) is 0 Å². The molecule has 0 saturated carbocycles. The number of carbonyl (C=O) groups is 2. The van der Waals surface area contributed by atoms with Crippen LogP contribution in [0.1, 0.15) is 37.6 Å². The number of allylic oxidation sites excluding steroid dienone is 1. The number of aromatic amines is 1. The summed E-state index contributed by atoms with van der Waals surface area (Å²) in [6.07, 6.45) is 1.18. The van der Waals surface area contributed by atoms with Crippen molar-refractivity contribution in [1.82, 2.24) is 15.2 Å². The lowest BCUT2D eigenvalue weighted by Gasteiger charge is -2.36. The smallest absolute Gasteiger partial charge is 0.238 e. The molecule has 8 nitrogen and oxygen atoms in total. The van der Waals surface area contributed by atoms with Crippen LogP contribution in [0.25, 0.3) is 0 Å². The number of amides is 1. The monoisotopic (exact) mass is 480 g/mol. The predicted molar refractivity (Wildman–Crippen MR) is 131 cm³/mol. The number of carbonyl (C=O) groups excluding carboxylic acids is 2. The van der Waals surface area contributed by atoms with Crippen molar-refractivity contribution in [2.45, 2.75) is 37.9 Å². The van der Waals surface area contributed by atoms with E-state index in [1.165, 1.54) is 11.8 Å². The highest BCUT2D eigenvalue weighted by atomic mass is 32.2. The number of rotatable bonds is 4. The average Bonchev–Trinajstić information content (AvgIpc) is 3.40. The SMILES string of the molecule is CC1(C)CC(=O)C2=C(C1)Nc1ccccc1N(C(=O)CSc1n[nH]c(N)n1)C2c1cccs1. The lowest BCUT2D eigenvalue weighted by molar-refractivity contribution is -0.118. The molecular formula is C23H24N6O2S2. The molecular weight excluding hydrogens is 456 g/mol. The Kier molecular flexibility index (Phi) is 5.49. The Bertz CT molecular complexity index is 1250. The first-order valence-electron chi connectivity index (χ1n) is 10.6. The summed E-state index contributed by atoms with van der Waals surface area (Å²) in [6, 6.07) is 11.2. The molecule has 33 heavy (non-hydrogen) atoms. The number of thioether (sulfide) groups is 1. The van der Waals surface area contributed by atoms with Crippen LogP contribution < -0.4 is 16.0 Å². The number of Topliss-reactive ketones (excluding diaryl/α,β-unsaturated/α-hetero) is 1. The molecule has 0 radical (unpaired) electrons. The zero-order chi connectivity index (χ0) is 23.2. The number of nitrogen functional groups attached to an aromatic ring is 1. The Morgan fingerprint density at radius 1 is 1.27 bits per heavy atom. The fraction of sp³-hybridized carbons (Fsp3) is 0.304. The van der Waals surface area contributed by atoms with Crippen molar-refractivity contribution >= 4 is 52.1 Å². The highest BCUT2D eigenvalue weighted by molar-refractivity contribution is 7.99. The fourth-order valence-electron chi connectivity index (χ4n) is 4.50. The van der Waals surface area contributed by atoms with Crippen LogP contribution in [-0.2, 0) is 9.59 Å². The van der Waals surface area contributed by atoms with Crippen molar-refractivity contribution in [3.05, 3.63) is 57.9 Å². The van der Waals surface area contributed by atoms with E-state index in [2.05, 4.69) is 34.3 Å². The Hall–Kier alpha value is -3.11. The Morgan fingerprint density at radius 3 is 2.82 bits per heavy atom. The van der Waals surface area contributed by atoms with Gasteiger partial charge >= 0.3 is 0 Å². The quantitative estimate of drug-likeness (QED) is 0.474. The number of aromatic nitrogens is 3. The topological polar surface area (TPSA) is 117 Å². The molecule has 170 valence electrons. The third-order valence-electron chi connectivity index (χ3n) is 5.79. The predicted octanol–water partition coefficient (Wildman–Crippen LogP) is 4.38. The summed E-state index contributed by atoms with van der Waals surface area (Å²) in [4.78, 5) is 34.1. The second kappa shape index (κ2) is 8.35. The normalized spacial score (nSPS) is 19.5. The molecule has 1 atom stereocenters. The van der Waals surface area contributed by atoms with Gasteiger partial charge in [-0.05, 0) is 35.4 Å². The summed E-state index contributed by atoms with van der Waals surface area (Å²) in [5.74, 6) is 0.251. The second-order valence-corrected chi connectivity index (χ2v) is 10.9. The molecule has 5 rings (SSSR count). The summed E-state index contributed by atoms with van der Waals surface area (Å²) in [5.41, 5.74) is 8.60. The molecule has 0 saturated heterocycles. The van der Waals surface area contributed by atoms with E-state index in [-0.39, 0.29) is 28.8 Å². The van der Waals surface area contributed by atoms with Crippen molar-refractivity contribution in [2.75, 3.05) is 21.7 Å². The van der Waals surface area contributed by atoms with E-state index in [1.807, 2.05) is 41.8 Å². The standard InChI is InChI=1S/C23H24N6O2S2/c1-23(2)10-14-19(16(30)11-23)20(17-8-5-9-32-17)29(15-7-4-3-6-13(15)25-14)18(31)12-33-22-26-21(24)27-28-22/h3-9,20,25H,10-12H2,1-2H3,(H3,24,26,27,28). The molecule has 3 aromatic rings. The van der Waals surface area contributed by atoms with E-state index in [4.69, 9.17) is 5.73 Å². The number of hydrogen-bond acceptors (Lipinski definition) is 8. The molecule has 1 aliphatic heterocycles. The van der Waals surface area contributed by atoms with Crippen molar-refractivity contribution in [3.8, 4) is 0 Å². The summed E-state index contributed by atoms with van der Waals surface area (Å²) in [7, 11) is 0. The molecule has 2 aromatic heterocycles. The number of benzene rings is 1. The zero-order valence-electron chi connectivity index (χ0n) is 18.3. The lowest BCUT2D eigenvalue weighted by Crippen LogP contribution is -2.40. The molecule has 10 heteroatoms. The number of thiophene rings is 1. The van der Waals surface area contributed by atoms with Gasteiger partial charge in [0.15, 0.2) is 5.78 Å².